The quantitative estimate of drug-likeness (QED) is 0.869. The van der Waals surface area contributed by atoms with Gasteiger partial charge < -0.3 is 5.32 Å². The minimum absolute atomic E-state index is 0.877. The maximum Gasteiger partial charge on any atom is 0.126 e. The Hall–Kier alpha value is -1.46. The van der Waals surface area contributed by atoms with Crippen LogP contribution in [0.2, 0.25) is 0 Å². The molecule has 4 nitrogen and oxygen atoms in total. The lowest BCUT2D eigenvalue weighted by Gasteiger charge is -2.15. The molecule has 0 radical (unpaired) electrons. The maximum absolute atomic E-state index is 4.30. The third kappa shape index (κ3) is 3.78. The van der Waals surface area contributed by atoms with E-state index in [1.165, 1.54) is 5.56 Å². The van der Waals surface area contributed by atoms with Crippen LogP contribution in [0, 0.1) is 0 Å². The van der Waals surface area contributed by atoms with Gasteiger partial charge in [0.15, 0.2) is 0 Å². The van der Waals surface area contributed by atoms with E-state index in [1.807, 2.05) is 11.7 Å². The van der Waals surface area contributed by atoms with Crippen molar-refractivity contribution in [2.45, 2.75) is 20.0 Å². The molecule has 2 aromatic heterocycles. The molecule has 5 heteroatoms. The average Bonchev–Trinajstić information content (AvgIpc) is 2.82. The maximum atomic E-state index is 4.30. The van der Waals surface area contributed by atoms with Crippen LogP contribution in [0.1, 0.15) is 18.2 Å². The summed E-state index contributed by atoms with van der Waals surface area (Å²) < 4.78 is 0. The number of hydrogen-bond donors (Lipinski definition) is 1. The lowest BCUT2D eigenvalue weighted by atomic mass is 10.2. The van der Waals surface area contributed by atoms with Gasteiger partial charge in [0.2, 0.25) is 0 Å². The van der Waals surface area contributed by atoms with Gasteiger partial charge in [0.25, 0.3) is 0 Å². The van der Waals surface area contributed by atoms with Crippen molar-refractivity contribution in [2.75, 3.05) is 18.9 Å². The third-order valence-corrected chi connectivity index (χ3v) is 3.19. The summed E-state index contributed by atoms with van der Waals surface area (Å²) in [5, 5.41) is 5.32. The minimum atomic E-state index is 0.877. The highest BCUT2D eigenvalue weighted by atomic mass is 32.1. The summed E-state index contributed by atoms with van der Waals surface area (Å²) in [7, 11) is 2.10. The van der Waals surface area contributed by atoms with E-state index in [9.17, 15) is 0 Å². The standard InChI is InChI=1S/C13H18N4S/c1-3-14-13-6-11(4-5-15-13)7-17(2)8-12-9-18-10-16-12/h4-6,9-10H,3,7-8H2,1-2H3,(H,14,15). The van der Waals surface area contributed by atoms with Crippen LogP contribution in [0.15, 0.2) is 29.2 Å². The Morgan fingerprint density at radius 2 is 2.22 bits per heavy atom. The molecular formula is C13H18N4S. The predicted molar refractivity (Wildman–Crippen MR) is 75.7 cm³/mol. The van der Waals surface area contributed by atoms with E-state index in [1.54, 1.807) is 11.3 Å². The van der Waals surface area contributed by atoms with Gasteiger partial charge >= 0.3 is 0 Å². The third-order valence-electron chi connectivity index (χ3n) is 2.55. The zero-order valence-corrected chi connectivity index (χ0v) is 11.6. The second kappa shape index (κ2) is 6.47. The highest BCUT2D eigenvalue weighted by molar-refractivity contribution is 7.07. The van der Waals surface area contributed by atoms with Crippen LogP contribution in [0.4, 0.5) is 5.82 Å². The molecule has 18 heavy (non-hydrogen) atoms. The summed E-state index contributed by atoms with van der Waals surface area (Å²) in [5.74, 6) is 0.942. The fourth-order valence-electron chi connectivity index (χ4n) is 1.81. The normalized spacial score (nSPS) is 10.8. The van der Waals surface area contributed by atoms with Crippen molar-refractivity contribution in [1.29, 1.82) is 0 Å². The molecule has 0 aliphatic heterocycles. The SMILES string of the molecule is CCNc1cc(CN(C)Cc2cscn2)ccn1. The Labute approximate surface area is 112 Å². The Kier molecular flexibility index (Phi) is 4.66. The number of pyridine rings is 1. The van der Waals surface area contributed by atoms with Crippen LogP contribution in [-0.4, -0.2) is 28.5 Å². The van der Waals surface area contributed by atoms with E-state index < -0.39 is 0 Å². The van der Waals surface area contributed by atoms with Gasteiger partial charge in [0.05, 0.1) is 11.2 Å². The van der Waals surface area contributed by atoms with Crippen LogP contribution in [0.3, 0.4) is 0 Å². The Morgan fingerprint density at radius 3 is 2.94 bits per heavy atom. The number of rotatable bonds is 6. The number of hydrogen-bond acceptors (Lipinski definition) is 5. The van der Waals surface area contributed by atoms with E-state index in [-0.39, 0.29) is 0 Å². The molecule has 0 bridgehead atoms. The Morgan fingerprint density at radius 1 is 1.33 bits per heavy atom. The number of nitrogens with zero attached hydrogens (tertiary/aromatic N) is 3. The van der Waals surface area contributed by atoms with Crippen molar-refractivity contribution in [2.24, 2.45) is 0 Å². The Balaban J connectivity index is 1.93. The van der Waals surface area contributed by atoms with Gasteiger partial charge in [-0.15, -0.1) is 11.3 Å². The highest BCUT2D eigenvalue weighted by Crippen LogP contribution is 2.11. The van der Waals surface area contributed by atoms with Gasteiger partial charge in [0, 0.05) is 31.2 Å². The van der Waals surface area contributed by atoms with Gasteiger partial charge in [-0.3, -0.25) is 4.90 Å². The largest absolute Gasteiger partial charge is 0.370 e. The van der Waals surface area contributed by atoms with Crippen molar-refractivity contribution in [3.8, 4) is 0 Å². The molecule has 2 aromatic rings. The molecule has 1 N–H and O–H groups in total. The predicted octanol–water partition coefficient (Wildman–Crippen LogP) is 2.60. The molecule has 2 heterocycles. The van der Waals surface area contributed by atoms with Gasteiger partial charge in [-0.2, -0.15) is 0 Å². The molecule has 0 saturated carbocycles. The second-order valence-electron chi connectivity index (χ2n) is 4.23. The molecule has 0 spiro atoms. The molecule has 0 aromatic carbocycles. The lowest BCUT2D eigenvalue weighted by molar-refractivity contribution is 0.316. The first-order valence-corrected chi connectivity index (χ1v) is 6.96. The van der Waals surface area contributed by atoms with Crippen LogP contribution in [0.5, 0.6) is 0 Å². The number of nitrogens with one attached hydrogen (secondary N) is 1. The number of aromatic nitrogens is 2. The minimum Gasteiger partial charge on any atom is -0.370 e. The fourth-order valence-corrected chi connectivity index (χ4v) is 2.36. The smallest absolute Gasteiger partial charge is 0.126 e. The van der Waals surface area contributed by atoms with E-state index in [4.69, 9.17) is 0 Å². The average molecular weight is 262 g/mol. The molecule has 0 aliphatic rings. The topological polar surface area (TPSA) is 41.0 Å². The molecule has 0 fully saturated rings. The van der Waals surface area contributed by atoms with Crippen LogP contribution >= 0.6 is 11.3 Å². The van der Waals surface area contributed by atoms with Crippen molar-refractivity contribution >= 4 is 17.2 Å². The number of thiazole rings is 1. The van der Waals surface area contributed by atoms with Gasteiger partial charge in [-0.1, -0.05) is 0 Å². The fraction of sp³-hybridized carbons (Fsp3) is 0.385. The van der Waals surface area contributed by atoms with Gasteiger partial charge in [-0.05, 0) is 31.7 Å². The summed E-state index contributed by atoms with van der Waals surface area (Å²) in [6.07, 6.45) is 1.85. The monoisotopic (exact) mass is 262 g/mol. The summed E-state index contributed by atoms with van der Waals surface area (Å²) in [6, 6.07) is 4.15. The highest BCUT2D eigenvalue weighted by Gasteiger charge is 2.04. The van der Waals surface area contributed by atoms with Crippen molar-refractivity contribution in [1.82, 2.24) is 14.9 Å². The van der Waals surface area contributed by atoms with Crippen molar-refractivity contribution < 1.29 is 0 Å². The van der Waals surface area contributed by atoms with Crippen LogP contribution in [-0.2, 0) is 13.1 Å². The first-order chi connectivity index (χ1) is 8.78. The molecule has 2 rings (SSSR count). The first-order valence-electron chi connectivity index (χ1n) is 6.02. The summed E-state index contributed by atoms with van der Waals surface area (Å²) in [6.45, 7) is 4.74. The van der Waals surface area contributed by atoms with Gasteiger partial charge in [-0.25, -0.2) is 9.97 Å². The zero-order chi connectivity index (χ0) is 12.8. The van der Waals surface area contributed by atoms with Crippen LogP contribution < -0.4 is 5.32 Å². The summed E-state index contributed by atoms with van der Waals surface area (Å²) in [5.41, 5.74) is 4.26. The second-order valence-corrected chi connectivity index (χ2v) is 4.95. The molecule has 0 atom stereocenters. The molecule has 0 amide bonds. The van der Waals surface area contributed by atoms with E-state index in [0.717, 1.165) is 31.1 Å². The lowest BCUT2D eigenvalue weighted by Crippen LogP contribution is -2.17. The summed E-state index contributed by atoms with van der Waals surface area (Å²) in [4.78, 5) is 10.8. The number of anilines is 1. The molecule has 0 saturated heterocycles. The van der Waals surface area contributed by atoms with E-state index in [2.05, 4.69) is 51.7 Å². The summed E-state index contributed by atoms with van der Waals surface area (Å²) >= 11 is 1.64. The Bertz CT molecular complexity index is 470. The molecular weight excluding hydrogens is 244 g/mol. The van der Waals surface area contributed by atoms with Crippen molar-refractivity contribution in [3.63, 3.8) is 0 Å². The first kappa shape index (κ1) is 13.0. The van der Waals surface area contributed by atoms with E-state index >= 15 is 0 Å². The van der Waals surface area contributed by atoms with Crippen LogP contribution in [0.25, 0.3) is 0 Å². The zero-order valence-electron chi connectivity index (χ0n) is 10.8. The van der Waals surface area contributed by atoms with E-state index in [0.29, 0.717) is 0 Å². The molecule has 96 valence electrons. The van der Waals surface area contributed by atoms with Crippen molar-refractivity contribution in [3.05, 3.63) is 40.5 Å². The molecule has 0 aliphatic carbocycles. The molecule has 0 unspecified atom stereocenters. The van der Waals surface area contributed by atoms with Gasteiger partial charge in [0.1, 0.15) is 5.82 Å².